The fraction of sp³-hybridized carbons (Fsp3) is 0.548. The summed E-state index contributed by atoms with van der Waals surface area (Å²) in [4.78, 5) is 35.6. The van der Waals surface area contributed by atoms with Gasteiger partial charge in [-0.3, -0.25) is 19.5 Å². The molecule has 3 aliphatic rings. The van der Waals surface area contributed by atoms with Gasteiger partial charge in [0.05, 0.1) is 17.2 Å². The van der Waals surface area contributed by atoms with E-state index in [0.717, 1.165) is 58.0 Å². The maximum absolute atomic E-state index is 13.7. The minimum Gasteiger partial charge on any atom is -0.354 e. The summed E-state index contributed by atoms with van der Waals surface area (Å²) >= 11 is 0. The predicted octanol–water partition coefficient (Wildman–Crippen LogP) is 3.47. The molecule has 1 aliphatic heterocycles. The quantitative estimate of drug-likeness (QED) is 0.515. The van der Waals surface area contributed by atoms with Gasteiger partial charge in [0.2, 0.25) is 5.91 Å². The smallest absolute Gasteiger partial charge is 0.256 e. The maximum Gasteiger partial charge on any atom is 0.256 e. The van der Waals surface area contributed by atoms with Crippen LogP contribution in [0, 0.1) is 23.2 Å². The van der Waals surface area contributed by atoms with Gasteiger partial charge >= 0.3 is 0 Å². The number of nitrogens with two attached hydrogens (primary N) is 1. The molecule has 3 N–H and O–H groups in total. The summed E-state index contributed by atoms with van der Waals surface area (Å²) < 4.78 is 0. The first kappa shape index (κ1) is 27.3. The van der Waals surface area contributed by atoms with Crippen molar-refractivity contribution in [2.75, 3.05) is 19.6 Å². The van der Waals surface area contributed by atoms with Gasteiger partial charge in [-0.05, 0) is 99.6 Å². The van der Waals surface area contributed by atoms with Gasteiger partial charge in [0.25, 0.3) is 5.91 Å². The normalized spacial score (nSPS) is 25.2. The highest BCUT2D eigenvalue weighted by Crippen LogP contribution is 2.35. The zero-order valence-electron chi connectivity index (χ0n) is 22.7. The van der Waals surface area contributed by atoms with Crippen molar-refractivity contribution in [3.8, 4) is 6.07 Å². The Kier molecular flexibility index (Phi) is 8.90. The molecule has 2 saturated carbocycles. The van der Waals surface area contributed by atoms with Crippen molar-refractivity contribution in [1.82, 2.24) is 20.1 Å². The number of rotatable bonds is 9. The SMILES string of the molecule is N#Cc1ccc(CN(C2CC2)C2CCN(C(=O)c3cccnc3)[C@@H](C(=O)NCC3CCC(CN)CC3)C2)cc1. The van der Waals surface area contributed by atoms with E-state index in [9.17, 15) is 9.59 Å². The number of carbonyl (C=O) groups is 2. The molecule has 0 bridgehead atoms. The van der Waals surface area contributed by atoms with Crippen LogP contribution in [-0.4, -0.2) is 64.4 Å². The van der Waals surface area contributed by atoms with Crippen LogP contribution in [0.15, 0.2) is 48.8 Å². The lowest BCUT2D eigenvalue weighted by molar-refractivity contribution is -0.128. The summed E-state index contributed by atoms with van der Waals surface area (Å²) in [5.74, 6) is 0.897. The summed E-state index contributed by atoms with van der Waals surface area (Å²) in [7, 11) is 0. The molecule has 1 saturated heterocycles. The first-order valence-corrected chi connectivity index (χ1v) is 14.5. The van der Waals surface area contributed by atoms with Crippen molar-refractivity contribution in [1.29, 1.82) is 5.26 Å². The first-order valence-electron chi connectivity index (χ1n) is 14.5. The summed E-state index contributed by atoms with van der Waals surface area (Å²) in [5, 5.41) is 12.4. The molecule has 2 aromatic rings. The Morgan fingerprint density at radius 1 is 1.03 bits per heavy atom. The van der Waals surface area contributed by atoms with Crippen molar-refractivity contribution in [2.24, 2.45) is 17.6 Å². The molecular weight excluding hydrogens is 488 g/mol. The molecule has 0 radical (unpaired) electrons. The zero-order chi connectivity index (χ0) is 27.2. The third kappa shape index (κ3) is 6.84. The van der Waals surface area contributed by atoms with Crippen molar-refractivity contribution in [2.45, 2.75) is 76.0 Å². The molecule has 8 nitrogen and oxygen atoms in total. The summed E-state index contributed by atoms with van der Waals surface area (Å²) in [6, 6.07) is 13.7. The lowest BCUT2D eigenvalue weighted by atomic mass is 9.82. The monoisotopic (exact) mass is 528 g/mol. The predicted molar refractivity (Wildman–Crippen MR) is 149 cm³/mol. The van der Waals surface area contributed by atoms with Crippen LogP contribution >= 0.6 is 0 Å². The molecule has 5 rings (SSSR count). The van der Waals surface area contributed by atoms with E-state index in [1.807, 2.05) is 24.3 Å². The van der Waals surface area contributed by atoms with Gasteiger partial charge in [-0.1, -0.05) is 12.1 Å². The fourth-order valence-electron chi connectivity index (χ4n) is 6.29. The Balaban J connectivity index is 1.29. The lowest BCUT2D eigenvalue weighted by Gasteiger charge is -2.43. The second kappa shape index (κ2) is 12.7. The zero-order valence-corrected chi connectivity index (χ0v) is 22.7. The number of nitrogens with zero attached hydrogens (tertiary/aromatic N) is 4. The number of hydrogen-bond acceptors (Lipinski definition) is 6. The minimum atomic E-state index is -0.515. The molecule has 1 unspecified atom stereocenters. The Hall–Kier alpha value is -3.28. The van der Waals surface area contributed by atoms with E-state index in [0.29, 0.717) is 48.5 Å². The summed E-state index contributed by atoms with van der Waals surface area (Å²) in [6.07, 6.45) is 11.4. The summed E-state index contributed by atoms with van der Waals surface area (Å²) in [6.45, 7) is 2.72. The van der Waals surface area contributed by atoms with Crippen LogP contribution in [0.1, 0.15) is 72.9 Å². The van der Waals surface area contributed by atoms with E-state index >= 15 is 0 Å². The average molecular weight is 529 g/mol. The van der Waals surface area contributed by atoms with Crippen LogP contribution in [-0.2, 0) is 11.3 Å². The number of benzene rings is 1. The van der Waals surface area contributed by atoms with Gasteiger partial charge in [-0.15, -0.1) is 0 Å². The van der Waals surface area contributed by atoms with Gasteiger partial charge in [-0.2, -0.15) is 5.26 Å². The van der Waals surface area contributed by atoms with E-state index < -0.39 is 6.04 Å². The van der Waals surface area contributed by atoms with Crippen LogP contribution in [0.2, 0.25) is 0 Å². The largest absolute Gasteiger partial charge is 0.354 e. The van der Waals surface area contributed by atoms with Crippen molar-refractivity contribution in [3.63, 3.8) is 0 Å². The van der Waals surface area contributed by atoms with Crippen molar-refractivity contribution in [3.05, 3.63) is 65.5 Å². The highest BCUT2D eigenvalue weighted by molar-refractivity contribution is 5.97. The number of nitriles is 1. The molecular formula is C31H40N6O2. The number of pyridine rings is 1. The van der Waals surface area contributed by atoms with E-state index in [1.54, 1.807) is 29.4 Å². The molecule has 39 heavy (non-hydrogen) atoms. The molecule has 3 fully saturated rings. The highest BCUT2D eigenvalue weighted by Gasteiger charge is 2.42. The van der Waals surface area contributed by atoms with E-state index in [1.165, 1.54) is 5.56 Å². The second-order valence-corrected chi connectivity index (χ2v) is 11.5. The fourth-order valence-corrected chi connectivity index (χ4v) is 6.29. The standard InChI is InChI=1S/C31H40N6O2/c32-17-22-3-7-24(8-4-22)19-35-30(38)29-16-28(13-15-36(29)31(39)26-2-1-14-34-20-26)37(27-11-12-27)21-25-9-5-23(18-33)6-10-25/h1-2,5-6,9-10,14,20,22,24,27-29H,3-4,7-8,11-13,15-17,19,21,32H2,(H,35,38)/t22?,24?,28?,29-/m1/s1. The van der Waals surface area contributed by atoms with Crippen LogP contribution < -0.4 is 11.1 Å². The topological polar surface area (TPSA) is 115 Å². The average Bonchev–Trinajstić information content (AvgIpc) is 3.84. The molecule has 2 atom stereocenters. The third-order valence-corrected chi connectivity index (χ3v) is 8.84. The van der Waals surface area contributed by atoms with Crippen LogP contribution in [0.4, 0.5) is 0 Å². The Labute approximate surface area is 231 Å². The van der Waals surface area contributed by atoms with E-state index in [-0.39, 0.29) is 17.9 Å². The second-order valence-electron chi connectivity index (χ2n) is 11.5. The lowest BCUT2D eigenvalue weighted by Crippen LogP contribution is -2.58. The highest BCUT2D eigenvalue weighted by atomic mass is 16.2. The number of nitrogens with one attached hydrogen (secondary N) is 1. The van der Waals surface area contributed by atoms with Gasteiger partial charge in [0.15, 0.2) is 0 Å². The number of hydrogen-bond donors (Lipinski definition) is 2. The molecule has 1 aromatic heterocycles. The number of piperidine rings is 1. The van der Waals surface area contributed by atoms with E-state index in [2.05, 4.69) is 21.3 Å². The van der Waals surface area contributed by atoms with Crippen LogP contribution in [0.3, 0.4) is 0 Å². The molecule has 2 amide bonds. The number of likely N-dealkylation sites (tertiary alicyclic amines) is 1. The Morgan fingerprint density at radius 2 is 1.77 bits per heavy atom. The van der Waals surface area contributed by atoms with Gasteiger partial charge in [-0.25, -0.2) is 0 Å². The molecule has 2 aliphatic carbocycles. The third-order valence-electron chi connectivity index (χ3n) is 8.84. The van der Waals surface area contributed by atoms with Gasteiger partial charge in [0.1, 0.15) is 6.04 Å². The summed E-state index contributed by atoms with van der Waals surface area (Å²) in [5.41, 5.74) is 8.20. The molecule has 0 spiro atoms. The van der Waals surface area contributed by atoms with Crippen molar-refractivity contribution >= 4 is 11.8 Å². The number of aromatic nitrogens is 1. The van der Waals surface area contributed by atoms with Crippen molar-refractivity contribution < 1.29 is 9.59 Å². The number of carbonyl (C=O) groups excluding carboxylic acids is 2. The Morgan fingerprint density at radius 3 is 2.41 bits per heavy atom. The number of amides is 2. The van der Waals surface area contributed by atoms with Gasteiger partial charge in [0, 0.05) is 44.1 Å². The van der Waals surface area contributed by atoms with Gasteiger partial charge < -0.3 is 16.0 Å². The first-order chi connectivity index (χ1) is 19.1. The maximum atomic E-state index is 13.7. The van der Waals surface area contributed by atoms with E-state index in [4.69, 9.17) is 11.0 Å². The van der Waals surface area contributed by atoms with Crippen LogP contribution in [0.25, 0.3) is 0 Å². The molecule has 206 valence electrons. The minimum absolute atomic E-state index is 0.0491. The molecule has 8 heteroatoms. The molecule has 1 aromatic carbocycles. The van der Waals surface area contributed by atoms with Crippen LogP contribution in [0.5, 0.6) is 0 Å². The molecule has 2 heterocycles. The Bertz CT molecular complexity index is 1150.